The molecule has 15 nitrogen and oxygen atoms in total. The van der Waals surface area contributed by atoms with Gasteiger partial charge in [0.25, 0.3) is 0 Å². The molecule has 0 radical (unpaired) electrons. The van der Waals surface area contributed by atoms with Crippen LogP contribution in [0.2, 0.25) is 0 Å². The molecule has 63 heavy (non-hydrogen) atoms. The Balaban J connectivity index is 2.61. The molecule has 0 aromatic heterocycles. The molecule has 3 unspecified atom stereocenters. The summed E-state index contributed by atoms with van der Waals surface area (Å²) in [4.78, 5) is 35.7. The lowest BCUT2D eigenvalue weighted by Gasteiger charge is -2.41. The highest BCUT2D eigenvalue weighted by atomic mass is 31.2. The van der Waals surface area contributed by atoms with Crippen LogP contribution in [-0.2, 0) is 32.7 Å². The smallest absolute Gasteiger partial charge is 0.462 e. The van der Waals surface area contributed by atoms with E-state index in [0.717, 1.165) is 57.8 Å². The van der Waals surface area contributed by atoms with Crippen molar-refractivity contribution in [3.8, 4) is 0 Å². The number of esters is 2. The van der Waals surface area contributed by atoms with Gasteiger partial charge < -0.3 is 50.1 Å². The summed E-state index contributed by atoms with van der Waals surface area (Å²) in [6.45, 7) is 2.98. The van der Waals surface area contributed by atoms with Gasteiger partial charge >= 0.3 is 19.8 Å². The van der Waals surface area contributed by atoms with E-state index < -0.39 is 87.9 Å². The van der Waals surface area contributed by atoms with Crippen LogP contribution in [0.1, 0.15) is 142 Å². The van der Waals surface area contributed by atoms with Gasteiger partial charge in [-0.2, -0.15) is 0 Å². The van der Waals surface area contributed by atoms with Crippen LogP contribution < -0.4 is 0 Å². The van der Waals surface area contributed by atoms with Crippen LogP contribution in [0.5, 0.6) is 0 Å². The van der Waals surface area contributed by atoms with Crippen LogP contribution >= 0.6 is 7.82 Å². The summed E-state index contributed by atoms with van der Waals surface area (Å²) in [5.41, 5.74) is 0. The summed E-state index contributed by atoms with van der Waals surface area (Å²) in [6, 6.07) is 0. The second kappa shape index (κ2) is 36.4. The van der Waals surface area contributed by atoms with Gasteiger partial charge in [-0.1, -0.05) is 132 Å². The van der Waals surface area contributed by atoms with Crippen molar-refractivity contribution in [1.82, 2.24) is 0 Å². The first-order chi connectivity index (χ1) is 30.2. The second-order valence-corrected chi connectivity index (χ2v) is 17.4. The lowest BCUT2D eigenvalue weighted by molar-refractivity contribution is -0.220. The number of hydrogen-bond acceptors (Lipinski definition) is 14. The van der Waals surface area contributed by atoms with Gasteiger partial charge in [0.05, 0.1) is 18.8 Å². The Labute approximate surface area is 375 Å². The average Bonchev–Trinajstić information content (AvgIpc) is 3.25. The van der Waals surface area contributed by atoms with E-state index in [4.69, 9.17) is 18.5 Å². The Morgan fingerprint density at radius 2 is 1.10 bits per heavy atom. The third-order valence-corrected chi connectivity index (χ3v) is 11.2. The van der Waals surface area contributed by atoms with Crippen LogP contribution in [0.25, 0.3) is 0 Å². The zero-order valence-electron chi connectivity index (χ0n) is 37.6. The van der Waals surface area contributed by atoms with Gasteiger partial charge in [0, 0.05) is 12.8 Å². The van der Waals surface area contributed by atoms with Crippen molar-refractivity contribution in [2.75, 3.05) is 13.2 Å². The fourth-order valence-corrected chi connectivity index (χ4v) is 7.36. The fraction of sp³-hybridized carbons (Fsp3) is 0.702. The first-order valence-corrected chi connectivity index (χ1v) is 24.5. The van der Waals surface area contributed by atoms with Crippen molar-refractivity contribution >= 4 is 19.8 Å². The highest BCUT2D eigenvalue weighted by molar-refractivity contribution is 7.47. The van der Waals surface area contributed by atoms with Crippen molar-refractivity contribution in [3.63, 3.8) is 0 Å². The summed E-state index contributed by atoms with van der Waals surface area (Å²) in [5, 5.41) is 70.5. The maximum atomic E-state index is 12.8. The third kappa shape index (κ3) is 29.4. The molecule has 8 N–H and O–H groups in total. The van der Waals surface area contributed by atoms with Crippen LogP contribution in [0.4, 0.5) is 0 Å². The van der Waals surface area contributed by atoms with Crippen molar-refractivity contribution in [2.24, 2.45) is 0 Å². The van der Waals surface area contributed by atoms with Gasteiger partial charge in [-0.05, 0) is 70.6 Å². The molecule has 1 aliphatic carbocycles. The van der Waals surface area contributed by atoms with Crippen molar-refractivity contribution < 1.29 is 73.3 Å². The van der Waals surface area contributed by atoms with Gasteiger partial charge in [0.1, 0.15) is 43.2 Å². The molecule has 362 valence electrons. The predicted molar refractivity (Wildman–Crippen MR) is 242 cm³/mol. The van der Waals surface area contributed by atoms with Crippen LogP contribution in [0, 0.1) is 0 Å². The fourth-order valence-electron chi connectivity index (χ4n) is 6.39. The van der Waals surface area contributed by atoms with Crippen LogP contribution in [0.3, 0.4) is 0 Å². The predicted octanol–water partition coefficient (Wildman–Crippen LogP) is 6.66. The van der Waals surface area contributed by atoms with Crippen LogP contribution in [0.15, 0.2) is 72.9 Å². The molecule has 0 amide bonds. The van der Waals surface area contributed by atoms with E-state index >= 15 is 0 Å². The summed E-state index contributed by atoms with van der Waals surface area (Å²) >= 11 is 0. The van der Waals surface area contributed by atoms with Crippen molar-refractivity contribution in [3.05, 3.63) is 72.9 Å². The normalized spacial score (nSPS) is 23.4. The number of carbonyl (C=O) groups excluding carboxylic acids is 2. The zero-order chi connectivity index (χ0) is 46.7. The lowest BCUT2D eigenvalue weighted by Crippen LogP contribution is -2.64. The maximum Gasteiger partial charge on any atom is 0.472 e. The minimum Gasteiger partial charge on any atom is -0.462 e. The van der Waals surface area contributed by atoms with Crippen molar-refractivity contribution in [2.45, 2.75) is 197 Å². The molecule has 10 atom stereocenters. The highest BCUT2D eigenvalue weighted by Crippen LogP contribution is 2.47. The van der Waals surface area contributed by atoms with E-state index in [9.17, 15) is 54.8 Å². The van der Waals surface area contributed by atoms with E-state index in [1.165, 1.54) is 38.2 Å². The molecule has 1 rings (SSSR count). The number of allylic oxidation sites excluding steroid dienone is 9. The summed E-state index contributed by atoms with van der Waals surface area (Å²) in [7, 11) is -5.19. The molecule has 1 saturated carbocycles. The van der Waals surface area contributed by atoms with E-state index in [1.807, 2.05) is 6.08 Å². The summed E-state index contributed by atoms with van der Waals surface area (Å²) in [6.07, 6.45) is 24.2. The van der Waals surface area contributed by atoms with Gasteiger partial charge in [0.2, 0.25) is 0 Å². The Morgan fingerprint density at radius 1 is 0.587 bits per heavy atom. The number of aliphatic hydroxyl groups excluding tert-OH is 7. The van der Waals surface area contributed by atoms with Gasteiger partial charge in [-0.15, -0.1) is 0 Å². The number of rotatable bonds is 36. The van der Waals surface area contributed by atoms with Gasteiger partial charge in [-0.3, -0.25) is 18.6 Å². The monoisotopic (exact) mass is 915 g/mol. The molecule has 0 saturated heterocycles. The molecule has 0 bridgehead atoms. The van der Waals surface area contributed by atoms with E-state index in [1.54, 1.807) is 30.4 Å². The van der Waals surface area contributed by atoms with Gasteiger partial charge in [0.15, 0.2) is 6.10 Å². The summed E-state index contributed by atoms with van der Waals surface area (Å²) in [5.74, 6) is -1.36. The first-order valence-electron chi connectivity index (χ1n) is 23.0. The van der Waals surface area contributed by atoms with E-state index in [0.29, 0.717) is 12.8 Å². The maximum absolute atomic E-state index is 12.8. The molecule has 0 aromatic rings. The summed E-state index contributed by atoms with van der Waals surface area (Å²) < 4.78 is 33.3. The SMILES string of the molecule is CCCCC/C=C\C/C=C\CCCCCCCC(=O)OC[C@H](COP(=O)(O)OC1[C@H](O)[C@H](O)C(O)[C@H](O)[C@H]1O)OC(=O)CCC[C@@H](O)\C=C/C=C/C=C/[C@@H](O)C/C=C\CCCCC. The Kier molecular flexibility index (Phi) is 33.7. The molecule has 1 aliphatic rings. The number of phosphoric acid groups is 1. The molecule has 0 spiro atoms. The van der Waals surface area contributed by atoms with Crippen LogP contribution in [-0.4, -0.2) is 121 Å². The molecule has 16 heteroatoms. The van der Waals surface area contributed by atoms with Crippen molar-refractivity contribution in [1.29, 1.82) is 0 Å². The minimum absolute atomic E-state index is 0.0945. The number of unbranched alkanes of at least 4 members (excludes halogenated alkanes) is 11. The molecular weight excluding hydrogens is 835 g/mol. The standard InChI is InChI=1S/C47H79O15P/c1-3-5-7-9-11-12-13-14-15-16-17-18-19-21-27-33-40(50)59-35-39(36-60-63(57,58)62-47-45(55)43(53)42(52)44(54)46(47)56)61-41(51)34-28-32-38(49)31-26-23-22-25-30-37(48)29-24-20-10-8-6-4-2/h11-12,14-15,20,22-26,30-31,37-39,42-49,52-56H,3-10,13,16-19,21,27-29,32-36H2,1-2H3,(H,57,58)/b12-11-,15-14-,23-22+,24-20-,30-25+,31-26-/t37-,38-,39+,42?,43-,44+,45+,46+,47?/m0/s1. The Hall–Kier alpha value is -2.79. The average molecular weight is 915 g/mol. The number of aliphatic hydroxyl groups is 7. The lowest BCUT2D eigenvalue weighted by atomic mass is 9.85. The Bertz CT molecular complexity index is 1410. The molecule has 0 aliphatic heterocycles. The number of carbonyl (C=O) groups is 2. The largest absolute Gasteiger partial charge is 0.472 e. The second-order valence-electron chi connectivity index (χ2n) is 15.9. The highest BCUT2D eigenvalue weighted by Gasteiger charge is 2.51. The zero-order valence-corrected chi connectivity index (χ0v) is 38.5. The number of ether oxygens (including phenoxy) is 2. The first kappa shape index (κ1) is 58.2. The topological polar surface area (TPSA) is 250 Å². The third-order valence-electron chi connectivity index (χ3n) is 10.2. The van der Waals surface area contributed by atoms with Gasteiger partial charge in [-0.25, -0.2) is 4.57 Å². The minimum atomic E-state index is -5.19. The quantitative estimate of drug-likeness (QED) is 0.0108. The molecule has 0 aromatic carbocycles. The molecule has 0 heterocycles. The van der Waals surface area contributed by atoms with E-state index in [2.05, 4.69) is 44.2 Å². The van der Waals surface area contributed by atoms with E-state index in [-0.39, 0.29) is 25.7 Å². The molecule has 1 fully saturated rings. The number of hydrogen-bond donors (Lipinski definition) is 8. The number of phosphoric ester groups is 1. The molecular formula is C47H79O15P. The Morgan fingerprint density at radius 3 is 1.70 bits per heavy atom.